The molecule has 3 rings (SSSR count). The first-order chi connectivity index (χ1) is 13.3. The molecule has 6 nitrogen and oxygen atoms in total. The fourth-order valence-electron chi connectivity index (χ4n) is 3.47. The summed E-state index contributed by atoms with van der Waals surface area (Å²) in [5, 5.41) is 2.90. The van der Waals surface area contributed by atoms with Crippen LogP contribution in [0, 0.1) is 5.92 Å². The first kappa shape index (κ1) is 20.1. The number of amides is 2. The number of hydrogen-bond acceptors (Lipinski definition) is 4. The summed E-state index contributed by atoms with van der Waals surface area (Å²) in [7, 11) is -3.89. The number of nitrogens with one attached hydrogen (secondary N) is 1. The van der Waals surface area contributed by atoms with E-state index in [-0.39, 0.29) is 34.4 Å². The summed E-state index contributed by atoms with van der Waals surface area (Å²) in [6.07, 6.45) is 0. The molecule has 0 aromatic heterocycles. The number of sulfonamides is 1. The lowest BCUT2D eigenvalue weighted by Crippen LogP contribution is -2.30. The quantitative estimate of drug-likeness (QED) is 0.808. The zero-order valence-electron chi connectivity index (χ0n) is 16.2. The van der Waals surface area contributed by atoms with E-state index in [0.717, 1.165) is 9.87 Å². The van der Waals surface area contributed by atoms with Gasteiger partial charge in [-0.15, -0.1) is 0 Å². The Bertz CT molecular complexity index is 1000. The number of nitrogens with zero attached hydrogens (tertiary/aromatic N) is 1. The monoisotopic (exact) mass is 400 g/mol. The van der Waals surface area contributed by atoms with E-state index in [2.05, 4.69) is 19.2 Å². The van der Waals surface area contributed by atoms with Gasteiger partial charge >= 0.3 is 0 Å². The van der Waals surface area contributed by atoms with Crippen LogP contribution >= 0.6 is 0 Å². The van der Waals surface area contributed by atoms with Crippen LogP contribution in [0.2, 0.25) is 0 Å². The van der Waals surface area contributed by atoms with E-state index in [4.69, 9.17) is 0 Å². The molecule has 2 aromatic carbocycles. The van der Waals surface area contributed by atoms with Gasteiger partial charge in [-0.1, -0.05) is 44.2 Å². The number of benzene rings is 2. The highest BCUT2D eigenvalue weighted by Crippen LogP contribution is 2.31. The zero-order valence-corrected chi connectivity index (χ0v) is 17.0. The molecule has 0 fully saturated rings. The lowest BCUT2D eigenvalue weighted by Gasteiger charge is -2.22. The minimum Gasteiger partial charge on any atom is -0.351 e. The Morgan fingerprint density at radius 2 is 1.79 bits per heavy atom. The molecule has 0 saturated heterocycles. The van der Waals surface area contributed by atoms with E-state index >= 15 is 0 Å². The van der Waals surface area contributed by atoms with Crippen molar-refractivity contribution in [1.82, 2.24) is 9.62 Å². The summed E-state index contributed by atoms with van der Waals surface area (Å²) in [6, 6.07) is 14.1. The standard InChI is InChI=1S/C21H24N2O4S/c1-4-23-21(25)17-11-10-16(12-19(17)28(23,26)27)20(24)22-13-18(14(2)3)15-8-6-5-7-9-15/h5-12,14,18H,4,13H2,1-3H3,(H,22,24). The Morgan fingerprint density at radius 3 is 2.39 bits per heavy atom. The van der Waals surface area contributed by atoms with Crippen molar-refractivity contribution >= 4 is 21.8 Å². The second kappa shape index (κ2) is 7.75. The number of carbonyl (C=O) groups excluding carboxylic acids is 2. The van der Waals surface area contributed by atoms with Crippen molar-refractivity contribution in [2.45, 2.75) is 31.6 Å². The summed E-state index contributed by atoms with van der Waals surface area (Å²) in [5.74, 6) is -0.449. The number of fused-ring (bicyclic) bond motifs is 1. The van der Waals surface area contributed by atoms with Gasteiger partial charge in [0.1, 0.15) is 4.90 Å². The molecule has 0 bridgehead atoms. The van der Waals surface area contributed by atoms with Gasteiger partial charge in [-0.3, -0.25) is 9.59 Å². The normalized spacial score (nSPS) is 16.1. The van der Waals surface area contributed by atoms with Crippen molar-refractivity contribution in [3.05, 3.63) is 65.2 Å². The van der Waals surface area contributed by atoms with Crippen LogP contribution in [-0.2, 0) is 10.0 Å². The Kier molecular flexibility index (Phi) is 5.56. The Labute approximate surface area is 165 Å². The highest BCUT2D eigenvalue weighted by molar-refractivity contribution is 7.90. The van der Waals surface area contributed by atoms with E-state index in [9.17, 15) is 18.0 Å². The van der Waals surface area contributed by atoms with E-state index in [0.29, 0.717) is 12.5 Å². The smallest absolute Gasteiger partial charge is 0.268 e. The molecule has 0 radical (unpaired) electrons. The van der Waals surface area contributed by atoms with E-state index < -0.39 is 15.9 Å². The van der Waals surface area contributed by atoms with Crippen LogP contribution in [0.3, 0.4) is 0 Å². The fraction of sp³-hybridized carbons (Fsp3) is 0.333. The molecule has 1 atom stereocenters. The molecular formula is C21H24N2O4S. The van der Waals surface area contributed by atoms with Gasteiger partial charge in [0, 0.05) is 24.6 Å². The predicted molar refractivity (Wildman–Crippen MR) is 107 cm³/mol. The van der Waals surface area contributed by atoms with Crippen LogP contribution in [0.4, 0.5) is 0 Å². The molecule has 1 aliphatic rings. The van der Waals surface area contributed by atoms with Gasteiger partial charge in [-0.25, -0.2) is 12.7 Å². The summed E-state index contributed by atoms with van der Waals surface area (Å²) in [5.41, 5.74) is 1.48. The van der Waals surface area contributed by atoms with Crippen LogP contribution < -0.4 is 5.32 Å². The average Bonchev–Trinajstić information content (AvgIpc) is 2.87. The minimum absolute atomic E-state index is 0.0600. The Hall–Kier alpha value is -2.67. The summed E-state index contributed by atoms with van der Waals surface area (Å²) in [4.78, 5) is 24.8. The Morgan fingerprint density at radius 1 is 1.11 bits per heavy atom. The Balaban J connectivity index is 1.80. The molecule has 2 aromatic rings. The van der Waals surface area contributed by atoms with Crippen LogP contribution in [0.15, 0.2) is 53.4 Å². The lowest BCUT2D eigenvalue weighted by molar-refractivity contribution is 0.0874. The maximum absolute atomic E-state index is 12.6. The van der Waals surface area contributed by atoms with Gasteiger partial charge in [0.25, 0.3) is 21.8 Å². The minimum atomic E-state index is -3.89. The van der Waals surface area contributed by atoms with Gasteiger partial charge < -0.3 is 5.32 Å². The van der Waals surface area contributed by atoms with Gasteiger partial charge in [-0.05, 0) is 36.6 Å². The van der Waals surface area contributed by atoms with Gasteiger partial charge in [-0.2, -0.15) is 0 Å². The van der Waals surface area contributed by atoms with Crippen LogP contribution in [0.25, 0.3) is 0 Å². The fourth-order valence-corrected chi connectivity index (χ4v) is 5.08. The van der Waals surface area contributed by atoms with Crippen molar-refractivity contribution in [3.63, 3.8) is 0 Å². The second-order valence-corrected chi connectivity index (χ2v) is 8.99. The van der Waals surface area contributed by atoms with Crippen LogP contribution in [0.1, 0.15) is 53.0 Å². The molecule has 1 aliphatic heterocycles. The lowest BCUT2D eigenvalue weighted by atomic mass is 9.88. The van der Waals surface area contributed by atoms with Crippen molar-refractivity contribution < 1.29 is 18.0 Å². The predicted octanol–water partition coefficient (Wildman–Crippen LogP) is 3.02. The maximum atomic E-state index is 12.6. The topological polar surface area (TPSA) is 83.6 Å². The van der Waals surface area contributed by atoms with Crippen molar-refractivity contribution in [3.8, 4) is 0 Å². The van der Waals surface area contributed by atoms with E-state index in [1.54, 1.807) is 6.92 Å². The third-order valence-electron chi connectivity index (χ3n) is 5.07. The zero-order chi connectivity index (χ0) is 20.5. The highest BCUT2D eigenvalue weighted by Gasteiger charge is 2.40. The molecule has 0 aliphatic carbocycles. The third-order valence-corrected chi connectivity index (χ3v) is 6.97. The molecular weight excluding hydrogens is 376 g/mol. The first-order valence-corrected chi connectivity index (χ1v) is 10.8. The molecule has 1 unspecified atom stereocenters. The summed E-state index contributed by atoms with van der Waals surface area (Å²) >= 11 is 0. The number of hydrogen-bond donors (Lipinski definition) is 1. The first-order valence-electron chi connectivity index (χ1n) is 9.31. The van der Waals surface area contributed by atoms with Crippen molar-refractivity contribution in [1.29, 1.82) is 0 Å². The van der Waals surface area contributed by atoms with Crippen LogP contribution in [0.5, 0.6) is 0 Å². The van der Waals surface area contributed by atoms with Crippen molar-refractivity contribution in [2.75, 3.05) is 13.1 Å². The van der Waals surface area contributed by atoms with E-state index in [1.807, 2.05) is 30.3 Å². The van der Waals surface area contributed by atoms with Crippen LogP contribution in [-0.4, -0.2) is 37.6 Å². The third kappa shape index (κ3) is 3.54. The second-order valence-electron chi connectivity index (χ2n) is 7.16. The molecule has 2 amide bonds. The SMILES string of the molecule is CCN1C(=O)c2ccc(C(=O)NCC(c3ccccc3)C(C)C)cc2S1(=O)=O. The maximum Gasteiger partial charge on any atom is 0.268 e. The average molecular weight is 401 g/mol. The highest BCUT2D eigenvalue weighted by atomic mass is 32.2. The molecule has 7 heteroatoms. The molecule has 148 valence electrons. The number of rotatable bonds is 6. The number of carbonyl (C=O) groups is 2. The van der Waals surface area contributed by atoms with Gasteiger partial charge in [0.05, 0.1) is 5.56 Å². The van der Waals surface area contributed by atoms with Gasteiger partial charge in [0.2, 0.25) is 0 Å². The molecule has 0 saturated carbocycles. The summed E-state index contributed by atoms with van der Waals surface area (Å²) < 4.78 is 25.9. The van der Waals surface area contributed by atoms with Gasteiger partial charge in [0.15, 0.2) is 0 Å². The molecule has 0 spiro atoms. The molecule has 28 heavy (non-hydrogen) atoms. The summed E-state index contributed by atoms with van der Waals surface area (Å²) in [6.45, 7) is 6.28. The van der Waals surface area contributed by atoms with E-state index in [1.165, 1.54) is 18.2 Å². The molecule has 1 N–H and O–H groups in total. The van der Waals surface area contributed by atoms with Crippen molar-refractivity contribution in [2.24, 2.45) is 5.92 Å². The largest absolute Gasteiger partial charge is 0.351 e. The molecule has 1 heterocycles.